The molecule has 11 heavy (non-hydrogen) atoms. The Hall–Kier alpha value is -0.0800. The van der Waals surface area contributed by atoms with Gasteiger partial charge in [0.15, 0.2) is 0 Å². The van der Waals surface area contributed by atoms with Gasteiger partial charge in [0.25, 0.3) is 0 Å². The number of ether oxygens (including phenoxy) is 1. The van der Waals surface area contributed by atoms with Crippen LogP contribution in [0.5, 0.6) is 0 Å². The summed E-state index contributed by atoms with van der Waals surface area (Å²) >= 11 is 0. The molecule has 0 aromatic rings. The van der Waals surface area contributed by atoms with Crippen LogP contribution in [0.1, 0.15) is 39.5 Å². The maximum atomic E-state index is 5.90. The molecule has 2 atom stereocenters. The lowest BCUT2D eigenvalue weighted by Crippen LogP contribution is -2.35. The third-order valence-electron chi connectivity index (χ3n) is 1.98. The van der Waals surface area contributed by atoms with Crippen molar-refractivity contribution in [1.82, 2.24) is 0 Å². The van der Waals surface area contributed by atoms with Gasteiger partial charge in [-0.25, -0.2) is 0 Å². The predicted molar refractivity (Wildman–Crippen MR) is 48.6 cm³/mol. The van der Waals surface area contributed by atoms with Crippen molar-refractivity contribution >= 4 is 0 Å². The van der Waals surface area contributed by atoms with Crippen LogP contribution in [0.2, 0.25) is 0 Å². The molecule has 0 bridgehead atoms. The zero-order valence-corrected chi connectivity index (χ0v) is 7.97. The number of rotatable bonds is 6. The minimum Gasteiger partial charge on any atom is -0.380 e. The summed E-state index contributed by atoms with van der Waals surface area (Å²) in [5.74, 6) is 0. The van der Waals surface area contributed by atoms with Gasteiger partial charge in [0.2, 0.25) is 0 Å². The molecular weight excluding hydrogens is 138 g/mol. The molecule has 2 heteroatoms. The molecule has 0 fully saturated rings. The summed E-state index contributed by atoms with van der Waals surface area (Å²) in [5.41, 5.74) is 5.90. The molecule has 0 amide bonds. The van der Waals surface area contributed by atoms with Crippen molar-refractivity contribution in [1.29, 1.82) is 0 Å². The molecule has 0 rings (SSSR count). The highest BCUT2D eigenvalue weighted by molar-refractivity contribution is 4.71. The van der Waals surface area contributed by atoms with Crippen molar-refractivity contribution in [2.24, 2.45) is 5.73 Å². The van der Waals surface area contributed by atoms with Gasteiger partial charge in [0.1, 0.15) is 0 Å². The van der Waals surface area contributed by atoms with Crippen molar-refractivity contribution in [3.05, 3.63) is 0 Å². The van der Waals surface area contributed by atoms with Gasteiger partial charge in [-0.15, -0.1) is 0 Å². The van der Waals surface area contributed by atoms with Gasteiger partial charge in [-0.05, 0) is 12.8 Å². The normalized spacial score (nSPS) is 16.4. The van der Waals surface area contributed by atoms with E-state index in [4.69, 9.17) is 10.5 Å². The zero-order valence-electron chi connectivity index (χ0n) is 7.97. The molecule has 0 spiro atoms. The second kappa shape index (κ2) is 6.62. The number of hydrogen-bond donors (Lipinski definition) is 1. The van der Waals surface area contributed by atoms with Crippen LogP contribution in [-0.2, 0) is 4.74 Å². The molecule has 2 N–H and O–H groups in total. The fourth-order valence-electron chi connectivity index (χ4n) is 1.31. The first kappa shape index (κ1) is 10.9. The topological polar surface area (TPSA) is 35.2 Å². The summed E-state index contributed by atoms with van der Waals surface area (Å²) in [5, 5.41) is 0. The summed E-state index contributed by atoms with van der Waals surface area (Å²) in [7, 11) is 1.75. The van der Waals surface area contributed by atoms with Gasteiger partial charge < -0.3 is 10.5 Å². The van der Waals surface area contributed by atoms with Crippen molar-refractivity contribution in [3.63, 3.8) is 0 Å². The maximum Gasteiger partial charge on any atom is 0.0722 e. The summed E-state index contributed by atoms with van der Waals surface area (Å²) in [6.45, 7) is 4.31. The van der Waals surface area contributed by atoms with E-state index in [1.165, 1.54) is 0 Å². The smallest absolute Gasteiger partial charge is 0.0722 e. The minimum atomic E-state index is 0.227. The molecule has 0 aromatic heterocycles. The fourth-order valence-corrected chi connectivity index (χ4v) is 1.31. The molecule has 68 valence electrons. The van der Waals surface area contributed by atoms with Gasteiger partial charge in [0, 0.05) is 13.2 Å². The van der Waals surface area contributed by atoms with Crippen LogP contribution in [-0.4, -0.2) is 19.3 Å². The van der Waals surface area contributed by atoms with Gasteiger partial charge in [-0.2, -0.15) is 0 Å². The Balaban J connectivity index is 3.61. The third-order valence-corrected chi connectivity index (χ3v) is 1.98. The van der Waals surface area contributed by atoms with E-state index >= 15 is 0 Å². The SMILES string of the molecule is CCCC(OC)[C@H](N)CCC. The Bertz CT molecular complexity index is 85.6. The maximum absolute atomic E-state index is 5.90. The Morgan fingerprint density at radius 3 is 2.09 bits per heavy atom. The molecule has 0 heterocycles. The molecule has 0 radical (unpaired) electrons. The van der Waals surface area contributed by atoms with Crippen molar-refractivity contribution < 1.29 is 4.74 Å². The van der Waals surface area contributed by atoms with Crippen LogP contribution < -0.4 is 5.73 Å². The van der Waals surface area contributed by atoms with Gasteiger partial charge in [-0.3, -0.25) is 0 Å². The predicted octanol–water partition coefficient (Wildman–Crippen LogP) is 1.93. The number of methoxy groups -OCH3 is 1. The lowest BCUT2D eigenvalue weighted by molar-refractivity contribution is 0.0700. The highest BCUT2D eigenvalue weighted by Gasteiger charge is 2.14. The van der Waals surface area contributed by atoms with Gasteiger partial charge >= 0.3 is 0 Å². The molecule has 2 nitrogen and oxygen atoms in total. The summed E-state index contributed by atoms with van der Waals surface area (Å²) in [6, 6.07) is 0.227. The van der Waals surface area contributed by atoms with Crippen molar-refractivity contribution in [2.75, 3.05) is 7.11 Å². The molecule has 0 aliphatic carbocycles. The molecule has 1 unspecified atom stereocenters. The highest BCUT2D eigenvalue weighted by atomic mass is 16.5. The zero-order chi connectivity index (χ0) is 8.69. The van der Waals surface area contributed by atoms with E-state index in [0.29, 0.717) is 0 Å². The molecule has 0 aromatic carbocycles. The second-order valence-electron chi connectivity index (χ2n) is 3.02. The van der Waals surface area contributed by atoms with E-state index in [9.17, 15) is 0 Å². The van der Waals surface area contributed by atoms with Crippen LogP contribution in [0, 0.1) is 0 Å². The Morgan fingerprint density at radius 2 is 1.73 bits per heavy atom. The average molecular weight is 159 g/mol. The first-order valence-corrected chi connectivity index (χ1v) is 4.54. The lowest BCUT2D eigenvalue weighted by Gasteiger charge is -2.21. The van der Waals surface area contributed by atoms with Crippen molar-refractivity contribution in [3.8, 4) is 0 Å². The van der Waals surface area contributed by atoms with Crippen LogP contribution >= 0.6 is 0 Å². The van der Waals surface area contributed by atoms with Gasteiger partial charge in [0.05, 0.1) is 6.10 Å². The summed E-state index contributed by atoms with van der Waals surface area (Å²) in [4.78, 5) is 0. The van der Waals surface area contributed by atoms with E-state index < -0.39 is 0 Å². The van der Waals surface area contributed by atoms with E-state index in [1.807, 2.05) is 0 Å². The first-order valence-electron chi connectivity index (χ1n) is 4.54. The van der Waals surface area contributed by atoms with Crippen molar-refractivity contribution in [2.45, 2.75) is 51.7 Å². The molecule has 0 aliphatic rings. The Kier molecular flexibility index (Phi) is 6.57. The highest BCUT2D eigenvalue weighted by Crippen LogP contribution is 2.08. The molecule has 0 saturated heterocycles. The molecular formula is C9H21NO. The number of hydrogen-bond acceptors (Lipinski definition) is 2. The largest absolute Gasteiger partial charge is 0.380 e. The van der Waals surface area contributed by atoms with Crippen LogP contribution in [0.25, 0.3) is 0 Å². The lowest BCUT2D eigenvalue weighted by atomic mass is 10.0. The Labute approximate surface area is 70.1 Å². The summed E-state index contributed by atoms with van der Waals surface area (Å²) < 4.78 is 5.28. The monoisotopic (exact) mass is 159 g/mol. The standard InChI is InChI=1S/C9H21NO/c1-4-6-8(10)9(11-3)7-5-2/h8-9H,4-7,10H2,1-3H3/t8-,9?/m1/s1. The van der Waals surface area contributed by atoms with Crippen LogP contribution in [0.15, 0.2) is 0 Å². The molecule has 0 saturated carbocycles. The minimum absolute atomic E-state index is 0.227. The van der Waals surface area contributed by atoms with E-state index in [-0.39, 0.29) is 12.1 Å². The van der Waals surface area contributed by atoms with E-state index in [2.05, 4.69) is 13.8 Å². The number of nitrogens with two attached hydrogens (primary N) is 1. The fraction of sp³-hybridized carbons (Fsp3) is 1.00. The average Bonchev–Trinajstić information content (AvgIpc) is 2.00. The second-order valence-corrected chi connectivity index (χ2v) is 3.02. The summed E-state index contributed by atoms with van der Waals surface area (Å²) in [6.07, 6.45) is 4.71. The molecule has 0 aliphatic heterocycles. The quantitative estimate of drug-likeness (QED) is 0.642. The van der Waals surface area contributed by atoms with Gasteiger partial charge in [-0.1, -0.05) is 26.7 Å². The van der Waals surface area contributed by atoms with E-state index in [1.54, 1.807) is 7.11 Å². The first-order chi connectivity index (χ1) is 5.26. The van der Waals surface area contributed by atoms with E-state index in [0.717, 1.165) is 25.7 Å². The Morgan fingerprint density at radius 1 is 1.18 bits per heavy atom. The van der Waals surface area contributed by atoms with Crippen LogP contribution in [0.3, 0.4) is 0 Å². The third kappa shape index (κ3) is 4.38. The van der Waals surface area contributed by atoms with Crippen LogP contribution in [0.4, 0.5) is 0 Å².